The van der Waals surface area contributed by atoms with Crippen molar-refractivity contribution in [1.29, 1.82) is 0 Å². The van der Waals surface area contributed by atoms with Crippen LogP contribution in [0.25, 0.3) is 11.3 Å². The normalized spacial score (nSPS) is 12.6. The fourth-order valence-corrected chi connectivity index (χ4v) is 2.26. The number of hydrogen-bond acceptors (Lipinski definition) is 5. The fraction of sp³-hybridized carbons (Fsp3) is 0.308. The third kappa shape index (κ3) is 4.05. The van der Waals surface area contributed by atoms with Gasteiger partial charge in [0.2, 0.25) is 5.89 Å². The SMILES string of the molecule is OCC(O)CSCc1ncc(-c2ccc(F)cc2)o1. The third-order valence-electron chi connectivity index (χ3n) is 2.43. The van der Waals surface area contributed by atoms with Crippen molar-refractivity contribution in [2.45, 2.75) is 11.9 Å². The second kappa shape index (κ2) is 6.70. The Kier molecular flexibility index (Phi) is 4.95. The number of aromatic nitrogens is 1. The Morgan fingerprint density at radius 1 is 1.32 bits per heavy atom. The van der Waals surface area contributed by atoms with Crippen LogP contribution in [0.2, 0.25) is 0 Å². The first-order valence-electron chi connectivity index (χ1n) is 5.76. The van der Waals surface area contributed by atoms with Crippen molar-refractivity contribution in [2.24, 2.45) is 0 Å². The van der Waals surface area contributed by atoms with Gasteiger partial charge in [-0.1, -0.05) is 0 Å². The van der Waals surface area contributed by atoms with E-state index in [1.807, 2.05) is 0 Å². The van der Waals surface area contributed by atoms with E-state index in [4.69, 9.17) is 9.52 Å². The summed E-state index contributed by atoms with van der Waals surface area (Å²) in [6, 6.07) is 5.98. The van der Waals surface area contributed by atoms with Crippen LogP contribution in [-0.2, 0) is 5.75 Å². The number of halogens is 1. The van der Waals surface area contributed by atoms with Crippen LogP contribution in [0.3, 0.4) is 0 Å². The van der Waals surface area contributed by atoms with Gasteiger partial charge in [-0.25, -0.2) is 9.37 Å². The van der Waals surface area contributed by atoms with E-state index in [0.29, 0.717) is 23.2 Å². The van der Waals surface area contributed by atoms with E-state index in [2.05, 4.69) is 4.98 Å². The summed E-state index contributed by atoms with van der Waals surface area (Å²) in [5.74, 6) is 1.76. The van der Waals surface area contributed by atoms with E-state index < -0.39 is 6.10 Å². The number of nitrogens with zero attached hydrogens (tertiary/aromatic N) is 1. The van der Waals surface area contributed by atoms with Gasteiger partial charge in [0.1, 0.15) is 5.82 Å². The maximum Gasteiger partial charge on any atom is 0.204 e. The molecule has 19 heavy (non-hydrogen) atoms. The Balaban J connectivity index is 1.93. The summed E-state index contributed by atoms with van der Waals surface area (Å²) in [4.78, 5) is 4.11. The highest BCUT2D eigenvalue weighted by Crippen LogP contribution is 2.22. The second-order valence-electron chi connectivity index (χ2n) is 3.98. The molecule has 0 saturated carbocycles. The molecule has 4 nitrogen and oxygen atoms in total. The summed E-state index contributed by atoms with van der Waals surface area (Å²) in [5, 5.41) is 17.9. The second-order valence-corrected chi connectivity index (χ2v) is 5.01. The molecule has 0 bridgehead atoms. The van der Waals surface area contributed by atoms with Crippen molar-refractivity contribution in [3.63, 3.8) is 0 Å². The molecule has 0 saturated heterocycles. The predicted octanol–water partition coefficient (Wildman–Crippen LogP) is 2.07. The largest absolute Gasteiger partial charge is 0.440 e. The topological polar surface area (TPSA) is 66.5 Å². The molecule has 0 spiro atoms. The van der Waals surface area contributed by atoms with Gasteiger partial charge in [0, 0.05) is 11.3 Å². The summed E-state index contributed by atoms with van der Waals surface area (Å²) in [5.41, 5.74) is 0.764. The first kappa shape index (κ1) is 14.0. The van der Waals surface area contributed by atoms with Crippen molar-refractivity contribution in [3.8, 4) is 11.3 Å². The van der Waals surface area contributed by atoms with E-state index in [1.165, 1.54) is 23.9 Å². The minimum atomic E-state index is -0.725. The van der Waals surface area contributed by atoms with Gasteiger partial charge in [-0.15, -0.1) is 11.8 Å². The zero-order valence-corrected chi connectivity index (χ0v) is 10.9. The summed E-state index contributed by atoms with van der Waals surface area (Å²) in [7, 11) is 0. The molecule has 0 radical (unpaired) electrons. The van der Waals surface area contributed by atoms with Crippen molar-refractivity contribution in [1.82, 2.24) is 4.98 Å². The van der Waals surface area contributed by atoms with Gasteiger partial charge in [-0.2, -0.15) is 0 Å². The summed E-state index contributed by atoms with van der Waals surface area (Å²) in [6.07, 6.45) is 0.863. The van der Waals surface area contributed by atoms with Gasteiger partial charge in [0.25, 0.3) is 0 Å². The molecule has 102 valence electrons. The van der Waals surface area contributed by atoms with Crippen LogP contribution in [0.1, 0.15) is 5.89 Å². The molecule has 1 atom stereocenters. The minimum absolute atomic E-state index is 0.251. The van der Waals surface area contributed by atoms with Crippen molar-refractivity contribution < 1.29 is 19.0 Å². The average Bonchev–Trinajstić information content (AvgIpc) is 2.88. The smallest absolute Gasteiger partial charge is 0.204 e. The molecular weight excluding hydrogens is 269 g/mol. The van der Waals surface area contributed by atoms with Gasteiger partial charge < -0.3 is 14.6 Å². The molecule has 1 unspecified atom stereocenters. The lowest BCUT2D eigenvalue weighted by Gasteiger charge is -2.04. The maximum absolute atomic E-state index is 12.8. The van der Waals surface area contributed by atoms with Crippen molar-refractivity contribution >= 4 is 11.8 Å². The van der Waals surface area contributed by atoms with E-state index in [0.717, 1.165) is 5.56 Å². The number of hydrogen-bond donors (Lipinski definition) is 2. The van der Waals surface area contributed by atoms with Gasteiger partial charge in [-0.05, 0) is 24.3 Å². The van der Waals surface area contributed by atoms with Crippen LogP contribution in [0, 0.1) is 5.82 Å². The number of aliphatic hydroxyl groups excluding tert-OH is 2. The highest BCUT2D eigenvalue weighted by Gasteiger charge is 2.08. The Labute approximate surface area is 114 Å². The number of benzene rings is 1. The first-order chi connectivity index (χ1) is 9.19. The summed E-state index contributed by atoms with van der Waals surface area (Å²) >= 11 is 1.42. The third-order valence-corrected chi connectivity index (χ3v) is 3.50. The van der Waals surface area contributed by atoms with Crippen LogP contribution in [-0.4, -0.2) is 33.7 Å². The number of oxazole rings is 1. The molecule has 1 aromatic carbocycles. The van der Waals surface area contributed by atoms with E-state index >= 15 is 0 Å². The molecule has 2 aromatic rings. The van der Waals surface area contributed by atoms with Crippen molar-refractivity contribution in [3.05, 3.63) is 42.2 Å². The predicted molar refractivity (Wildman–Crippen MR) is 71.2 cm³/mol. The molecule has 0 amide bonds. The van der Waals surface area contributed by atoms with E-state index in [9.17, 15) is 9.50 Å². The van der Waals surface area contributed by atoms with Gasteiger partial charge >= 0.3 is 0 Å². The molecule has 2 N–H and O–H groups in total. The lowest BCUT2D eigenvalue weighted by molar-refractivity contribution is 0.113. The highest BCUT2D eigenvalue weighted by molar-refractivity contribution is 7.98. The lowest BCUT2D eigenvalue weighted by Crippen LogP contribution is -2.14. The quantitative estimate of drug-likeness (QED) is 0.849. The van der Waals surface area contributed by atoms with Crippen LogP contribution in [0.4, 0.5) is 4.39 Å². The Bertz CT molecular complexity index is 515. The Hall–Kier alpha value is -1.37. The fourth-order valence-electron chi connectivity index (χ4n) is 1.46. The highest BCUT2D eigenvalue weighted by atomic mass is 32.2. The van der Waals surface area contributed by atoms with E-state index in [-0.39, 0.29) is 12.4 Å². The number of aliphatic hydroxyl groups is 2. The van der Waals surface area contributed by atoms with Crippen LogP contribution >= 0.6 is 11.8 Å². The van der Waals surface area contributed by atoms with Gasteiger partial charge in [0.05, 0.1) is 24.7 Å². The Morgan fingerprint density at radius 2 is 2.05 bits per heavy atom. The zero-order valence-electron chi connectivity index (χ0n) is 10.1. The summed E-state index contributed by atoms with van der Waals surface area (Å²) in [6.45, 7) is -0.251. The molecule has 0 aliphatic carbocycles. The Morgan fingerprint density at radius 3 is 2.74 bits per heavy atom. The zero-order chi connectivity index (χ0) is 13.7. The van der Waals surface area contributed by atoms with E-state index in [1.54, 1.807) is 18.3 Å². The molecular formula is C13H14FNO3S. The molecule has 6 heteroatoms. The molecule has 0 aliphatic heterocycles. The van der Waals surface area contributed by atoms with Crippen molar-refractivity contribution in [2.75, 3.05) is 12.4 Å². The van der Waals surface area contributed by atoms with Crippen LogP contribution in [0.15, 0.2) is 34.9 Å². The number of thioether (sulfide) groups is 1. The standard InChI is InChI=1S/C13H14FNO3S/c14-10-3-1-9(2-4-10)12-5-15-13(18-12)8-19-7-11(17)6-16/h1-5,11,16-17H,6-8H2. The average molecular weight is 283 g/mol. The summed E-state index contributed by atoms with van der Waals surface area (Å²) < 4.78 is 18.3. The lowest BCUT2D eigenvalue weighted by atomic mass is 10.2. The maximum atomic E-state index is 12.8. The molecule has 1 heterocycles. The minimum Gasteiger partial charge on any atom is -0.440 e. The first-order valence-corrected chi connectivity index (χ1v) is 6.92. The molecule has 0 fully saturated rings. The van der Waals surface area contributed by atoms with Gasteiger partial charge in [0.15, 0.2) is 5.76 Å². The van der Waals surface area contributed by atoms with Gasteiger partial charge in [-0.3, -0.25) is 0 Å². The molecule has 1 aromatic heterocycles. The monoisotopic (exact) mass is 283 g/mol. The van der Waals surface area contributed by atoms with Crippen LogP contribution in [0.5, 0.6) is 0 Å². The molecule has 2 rings (SSSR count). The molecule has 0 aliphatic rings. The van der Waals surface area contributed by atoms with Crippen LogP contribution < -0.4 is 0 Å². The number of rotatable bonds is 6.